The van der Waals surface area contributed by atoms with E-state index in [1.165, 1.54) is 11.3 Å². The summed E-state index contributed by atoms with van der Waals surface area (Å²) in [6.07, 6.45) is 1.20. The van der Waals surface area contributed by atoms with Gasteiger partial charge in [0.05, 0.1) is 5.56 Å². The Bertz CT molecular complexity index is 309. The minimum absolute atomic E-state index is 0.750. The number of thiophene rings is 1. The van der Waals surface area contributed by atoms with Gasteiger partial charge in [0.1, 0.15) is 6.07 Å². The predicted molar refractivity (Wildman–Crippen MR) is 60.2 cm³/mol. The van der Waals surface area contributed by atoms with Gasteiger partial charge in [-0.2, -0.15) is 5.26 Å². The van der Waals surface area contributed by atoms with Gasteiger partial charge in [0, 0.05) is 16.8 Å². The highest BCUT2D eigenvalue weighted by Crippen LogP contribution is 2.13. The number of nitrogens with one attached hydrogen (secondary N) is 1. The summed E-state index contributed by atoms with van der Waals surface area (Å²) in [7, 11) is 0. The number of rotatable bonds is 5. The van der Waals surface area contributed by atoms with Crippen LogP contribution < -0.4 is 5.32 Å². The van der Waals surface area contributed by atoms with Crippen LogP contribution in [0.1, 0.15) is 30.7 Å². The molecular weight excluding hydrogens is 192 g/mol. The molecule has 0 radical (unpaired) electrons. The zero-order chi connectivity index (χ0) is 10.4. The molecule has 14 heavy (non-hydrogen) atoms. The molecular formula is C11H16N2S. The molecule has 0 fully saturated rings. The van der Waals surface area contributed by atoms with Gasteiger partial charge in [-0.3, -0.25) is 0 Å². The van der Waals surface area contributed by atoms with Crippen molar-refractivity contribution in [3.63, 3.8) is 0 Å². The fourth-order valence-electron chi connectivity index (χ4n) is 1.13. The van der Waals surface area contributed by atoms with Crippen LogP contribution in [0.25, 0.3) is 0 Å². The van der Waals surface area contributed by atoms with Gasteiger partial charge in [0.25, 0.3) is 0 Å². The number of nitrogens with zero attached hydrogens (tertiary/aromatic N) is 1. The molecule has 0 atom stereocenters. The Labute approximate surface area is 89.6 Å². The van der Waals surface area contributed by atoms with E-state index >= 15 is 0 Å². The molecule has 0 aromatic carbocycles. The summed E-state index contributed by atoms with van der Waals surface area (Å²) in [4.78, 5) is 1.24. The second-order valence-electron chi connectivity index (χ2n) is 3.77. The molecule has 76 valence electrons. The Balaban J connectivity index is 2.22. The van der Waals surface area contributed by atoms with Gasteiger partial charge in [-0.1, -0.05) is 13.8 Å². The molecule has 3 heteroatoms. The van der Waals surface area contributed by atoms with E-state index in [-0.39, 0.29) is 0 Å². The van der Waals surface area contributed by atoms with Crippen LogP contribution in [0.4, 0.5) is 0 Å². The summed E-state index contributed by atoms with van der Waals surface area (Å²) in [5, 5.41) is 13.9. The van der Waals surface area contributed by atoms with Crippen molar-refractivity contribution in [2.75, 3.05) is 6.54 Å². The zero-order valence-corrected chi connectivity index (χ0v) is 9.53. The first-order valence-corrected chi connectivity index (χ1v) is 5.78. The fraction of sp³-hybridized carbons (Fsp3) is 0.545. The van der Waals surface area contributed by atoms with Crippen LogP contribution in [0.2, 0.25) is 0 Å². The van der Waals surface area contributed by atoms with Crippen molar-refractivity contribution < 1.29 is 0 Å². The molecule has 1 heterocycles. The maximum atomic E-state index is 8.63. The van der Waals surface area contributed by atoms with Gasteiger partial charge in [-0.15, -0.1) is 11.3 Å². The summed E-state index contributed by atoms with van der Waals surface area (Å²) >= 11 is 1.65. The Kier molecular flexibility index (Phi) is 4.64. The molecule has 1 rings (SSSR count). The monoisotopic (exact) mass is 208 g/mol. The summed E-state index contributed by atoms with van der Waals surface area (Å²) in [6, 6.07) is 4.09. The van der Waals surface area contributed by atoms with Gasteiger partial charge in [0.15, 0.2) is 0 Å². The molecule has 0 aliphatic heterocycles. The van der Waals surface area contributed by atoms with Crippen LogP contribution >= 0.6 is 11.3 Å². The van der Waals surface area contributed by atoms with Crippen molar-refractivity contribution in [1.29, 1.82) is 5.26 Å². The van der Waals surface area contributed by atoms with Crippen molar-refractivity contribution in [2.45, 2.75) is 26.8 Å². The Morgan fingerprint density at radius 3 is 2.93 bits per heavy atom. The lowest BCUT2D eigenvalue weighted by Gasteiger charge is -2.04. The Morgan fingerprint density at radius 2 is 2.36 bits per heavy atom. The molecule has 0 unspecified atom stereocenters. The standard InChI is InChI=1S/C11H16N2S/c1-9(2)3-4-13-7-11-5-10(6-12)8-14-11/h5,8-9,13H,3-4,7H2,1-2H3. The molecule has 1 N–H and O–H groups in total. The quantitative estimate of drug-likeness (QED) is 0.755. The van der Waals surface area contributed by atoms with Gasteiger partial charge in [-0.05, 0) is 24.9 Å². The summed E-state index contributed by atoms with van der Waals surface area (Å²) < 4.78 is 0. The normalized spacial score (nSPS) is 10.4. The molecule has 0 saturated carbocycles. The number of hydrogen-bond acceptors (Lipinski definition) is 3. The molecule has 0 bridgehead atoms. The van der Waals surface area contributed by atoms with E-state index in [0.29, 0.717) is 0 Å². The van der Waals surface area contributed by atoms with Gasteiger partial charge in [-0.25, -0.2) is 0 Å². The smallest absolute Gasteiger partial charge is 0.100 e. The average Bonchev–Trinajstić information content (AvgIpc) is 2.60. The lowest BCUT2D eigenvalue weighted by atomic mass is 10.1. The minimum Gasteiger partial charge on any atom is -0.312 e. The maximum Gasteiger partial charge on any atom is 0.100 e. The van der Waals surface area contributed by atoms with E-state index in [1.807, 2.05) is 11.4 Å². The molecule has 0 saturated heterocycles. The minimum atomic E-state index is 0.750. The van der Waals surface area contributed by atoms with Crippen LogP contribution in [0.5, 0.6) is 0 Å². The van der Waals surface area contributed by atoms with Crippen LogP contribution in [0.3, 0.4) is 0 Å². The van der Waals surface area contributed by atoms with Crippen LogP contribution in [0, 0.1) is 17.2 Å². The molecule has 1 aromatic rings. The van der Waals surface area contributed by atoms with E-state index in [2.05, 4.69) is 25.2 Å². The van der Waals surface area contributed by atoms with Gasteiger partial charge < -0.3 is 5.32 Å². The summed E-state index contributed by atoms with van der Waals surface area (Å²) in [6.45, 7) is 6.39. The highest BCUT2D eigenvalue weighted by atomic mass is 32.1. The summed E-state index contributed by atoms with van der Waals surface area (Å²) in [5.41, 5.74) is 0.774. The van der Waals surface area contributed by atoms with E-state index in [1.54, 1.807) is 11.3 Å². The van der Waals surface area contributed by atoms with Crippen LogP contribution in [0.15, 0.2) is 11.4 Å². The zero-order valence-electron chi connectivity index (χ0n) is 8.71. The molecule has 0 spiro atoms. The molecule has 1 aromatic heterocycles. The molecule has 0 amide bonds. The Morgan fingerprint density at radius 1 is 1.57 bits per heavy atom. The van der Waals surface area contributed by atoms with Crippen molar-refractivity contribution in [3.8, 4) is 6.07 Å². The average molecular weight is 208 g/mol. The SMILES string of the molecule is CC(C)CCNCc1cc(C#N)cs1. The van der Waals surface area contributed by atoms with Crippen LogP contribution in [-0.2, 0) is 6.54 Å². The van der Waals surface area contributed by atoms with Crippen molar-refractivity contribution in [3.05, 3.63) is 21.9 Å². The van der Waals surface area contributed by atoms with E-state index in [0.717, 1.165) is 24.6 Å². The fourth-order valence-corrected chi connectivity index (χ4v) is 1.91. The van der Waals surface area contributed by atoms with Crippen molar-refractivity contribution in [1.82, 2.24) is 5.32 Å². The van der Waals surface area contributed by atoms with E-state index in [4.69, 9.17) is 5.26 Å². The maximum absolute atomic E-state index is 8.63. The molecule has 2 nitrogen and oxygen atoms in total. The first-order valence-electron chi connectivity index (χ1n) is 4.90. The predicted octanol–water partition coefficient (Wildman–Crippen LogP) is 2.76. The van der Waals surface area contributed by atoms with Crippen LogP contribution in [-0.4, -0.2) is 6.54 Å². The lowest BCUT2D eigenvalue weighted by Crippen LogP contribution is -2.15. The molecule has 0 aliphatic rings. The third kappa shape index (κ3) is 3.91. The van der Waals surface area contributed by atoms with E-state index in [9.17, 15) is 0 Å². The second kappa shape index (κ2) is 5.79. The summed E-state index contributed by atoms with van der Waals surface area (Å²) in [5.74, 6) is 0.750. The lowest BCUT2D eigenvalue weighted by molar-refractivity contribution is 0.539. The first-order chi connectivity index (χ1) is 6.72. The van der Waals surface area contributed by atoms with Gasteiger partial charge >= 0.3 is 0 Å². The third-order valence-corrected chi connectivity index (χ3v) is 2.92. The highest BCUT2D eigenvalue weighted by molar-refractivity contribution is 7.10. The highest BCUT2D eigenvalue weighted by Gasteiger charge is 1.98. The van der Waals surface area contributed by atoms with Crippen molar-refractivity contribution in [2.24, 2.45) is 5.92 Å². The number of nitriles is 1. The topological polar surface area (TPSA) is 35.8 Å². The second-order valence-corrected chi connectivity index (χ2v) is 4.77. The van der Waals surface area contributed by atoms with E-state index < -0.39 is 0 Å². The Hall–Kier alpha value is -0.850. The van der Waals surface area contributed by atoms with Crippen molar-refractivity contribution >= 4 is 11.3 Å². The molecule has 0 aliphatic carbocycles. The number of hydrogen-bond donors (Lipinski definition) is 1. The van der Waals surface area contributed by atoms with Gasteiger partial charge in [0.2, 0.25) is 0 Å². The first kappa shape index (κ1) is 11.2. The third-order valence-electron chi connectivity index (χ3n) is 1.98. The largest absolute Gasteiger partial charge is 0.312 e.